The van der Waals surface area contributed by atoms with E-state index in [4.69, 9.17) is 16.3 Å². The molecular formula is C16H18ClFN2O. The Hall–Kier alpha value is -1.65. The Morgan fingerprint density at radius 3 is 2.86 bits per heavy atom. The Kier molecular flexibility index (Phi) is 5.53. The average molecular weight is 309 g/mol. The predicted octanol–water partition coefficient (Wildman–Crippen LogP) is 3.78. The number of nitrogens with zero attached hydrogens (tertiary/aromatic N) is 1. The fourth-order valence-electron chi connectivity index (χ4n) is 2.22. The number of rotatable bonds is 6. The summed E-state index contributed by atoms with van der Waals surface area (Å²) in [5, 5.41) is 3.77. The molecule has 1 N–H and O–H groups in total. The van der Waals surface area contributed by atoms with Crippen molar-refractivity contribution in [3.63, 3.8) is 0 Å². The number of aromatic nitrogens is 1. The molecule has 0 bridgehead atoms. The molecule has 5 heteroatoms. The van der Waals surface area contributed by atoms with Crippen LogP contribution in [-0.2, 0) is 6.42 Å². The minimum absolute atomic E-state index is 0.0769. The molecule has 2 aromatic rings. The van der Waals surface area contributed by atoms with Crippen molar-refractivity contribution >= 4 is 11.6 Å². The summed E-state index contributed by atoms with van der Waals surface area (Å²) < 4.78 is 19.2. The van der Waals surface area contributed by atoms with Gasteiger partial charge in [0.05, 0.1) is 13.3 Å². The molecule has 0 aliphatic carbocycles. The van der Waals surface area contributed by atoms with Crippen LogP contribution in [-0.4, -0.2) is 18.6 Å². The number of nitrogens with one attached hydrogen (secondary N) is 1. The third-order valence-corrected chi connectivity index (χ3v) is 3.65. The standard InChI is InChI=1S/C16H18ClFN2O/c1-3-20-16(11-7-12(21-2)10-19-9-11)8-13-14(17)5-4-6-15(13)18/h4-7,9-10,16,20H,3,8H2,1-2H3. The van der Waals surface area contributed by atoms with Crippen LogP contribution in [0.1, 0.15) is 24.1 Å². The largest absolute Gasteiger partial charge is 0.495 e. The van der Waals surface area contributed by atoms with Gasteiger partial charge in [-0.05, 0) is 36.7 Å². The van der Waals surface area contributed by atoms with Crippen LogP contribution in [0.25, 0.3) is 0 Å². The molecule has 0 saturated heterocycles. The zero-order valence-electron chi connectivity index (χ0n) is 12.1. The topological polar surface area (TPSA) is 34.2 Å². The van der Waals surface area contributed by atoms with Crippen LogP contribution in [0, 0.1) is 5.82 Å². The van der Waals surface area contributed by atoms with Crippen LogP contribution in [0.4, 0.5) is 4.39 Å². The quantitative estimate of drug-likeness (QED) is 0.882. The molecule has 0 amide bonds. The van der Waals surface area contributed by atoms with Crippen molar-refractivity contribution < 1.29 is 9.13 Å². The minimum Gasteiger partial charge on any atom is -0.495 e. The molecule has 0 aliphatic heterocycles. The number of benzene rings is 1. The second-order valence-corrected chi connectivity index (χ2v) is 5.08. The highest BCUT2D eigenvalue weighted by Crippen LogP contribution is 2.26. The summed E-state index contributed by atoms with van der Waals surface area (Å²) in [7, 11) is 1.59. The van der Waals surface area contributed by atoms with Crippen molar-refractivity contribution in [1.82, 2.24) is 10.3 Å². The van der Waals surface area contributed by atoms with Gasteiger partial charge in [-0.2, -0.15) is 0 Å². The maximum Gasteiger partial charge on any atom is 0.137 e. The Morgan fingerprint density at radius 2 is 2.19 bits per heavy atom. The van der Waals surface area contributed by atoms with Gasteiger partial charge in [0, 0.05) is 22.8 Å². The van der Waals surface area contributed by atoms with E-state index in [1.807, 2.05) is 13.0 Å². The van der Waals surface area contributed by atoms with Crippen LogP contribution >= 0.6 is 11.6 Å². The third-order valence-electron chi connectivity index (χ3n) is 3.29. The van der Waals surface area contributed by atoms with Crippen molar-refractivity contribution in [2.24, 2.45) is 0 Å². The molecule has 1 unspecified atom stereocenters. The summed E-state index contributed by atoms with van der Waals surface area (Å²) in [6.45, 7) is 2.76. The van der Waals surface area contributed by atoms with Crippen molar-refractivity contribution in [1.29, 1.82) is 0 Å². The van der Waals surface area contributed by atoms with Gasteiger partial charge >= 0.3 is 0 Å². The highest BCUT2D eigenvalue weighted by molar-refractivity contribution is 6.31. The maximum atomic E-state index is 14.0. The number of ether oxygens (including phenoxy) is 1. The highest BCUT2D eigenvalue weighted by atomic mass is 35.5. The van der Waals surface area contributed by atoms with Gasteiger partial charge in [-0.1, -0.05) is 24.6 Å². The first-order chi connectivity index (χ1) is 10.2. The van der Waals surface area contributed by atoms with E-state index >= 15 is 0 Å². The molecule has 0 aliphatic rings. The normalized spacial score (nSPS) is 12.2. The first kappa shape index (κ1) is 15.7. The molecule has 3 nitrogen and oxygen atoms in total. The Balaban J connectivity index is 2.30. The molecule has 112 valence electrons. The van der Waals surface area contributed by atoms with Crippen molar-refractivity contribution in [2.75, 3.05) is 13.7 Å². The van der Waals surface area contributed by atoms with Crippen LogP contribution < -0.4 is 10.1 Å². The number of hydrogen-bond donors (Lipinski definition) is 1. The summed E-state index contributed by atoms with van der Waals surface area (Å²) in [5.74, 6) is 0.385. The second-order valence-electron chi connectivity index (χ2n) is 4.67. The Morgan fingerprint density at radius 1 is 1.38 bits per heavy atom. The van der Waals surface area contributed by atoms with Gasteiger partial charge in [0.25, 0.3) is 0 Å². The van der Waals surface area contributed by atoms with Crippen molar-refractivity contribution in [3.8, 4) is 5.75 Å². The van der Waals surface area contributed by atoms with Crippen LogP contribution in [0.3, 0.4) is 0 Å². The van der Waals surface area contributed by atoms with E-state index in [9.17, 15) is 4.39 Å². The molecule has 0 saturated carbocycles. The average Bonchev–Trinajstić information content (AvgIpc) is 2.50. The number of hydrogen-bond acceptors (Lipinski definition) is 3. The first-order valence-corrected chi connectivity index (χ1v) is 7.18. The number of methoxy groups -OCH3 is 1. The van der Waals surface area contributed by atoms with E-state index in [0.717, 1.165) is 12.1 Å². The predicted molar refractivity (Wildman–Crippen MR) is 82.3 cm³/mol. The molecule has 1 aromatic heterocycles. The molecule has 0 radical (unpaired) electrons. The van der Waals surface area contributed by atoms with Gasteiger partial charge < -0.3 is 10.1 Å². The van der Waals surface area contributed by atoms with Gasteiger partial charge in [0.1, 0.15) is 11.6 Å². The van der Waals surface area contributed by atoms with E-state index in [1.165, 1.54) is 6.07 Å². The van der Waals surface area contributed by atoms with Crippen molar-refractivity contribution in [3.05, 3.63) is 58.6 Å². The number of halogens is 2. The molecule has 1 aromatic carbocycles. The summed E-state index contributed by atoms with van der Waals surface area (Å²) in [6.07, 6.45) is 3.85. The fraction of sp³-hybridized carbons (Fsp3) is 0.312. The number of likely N-dealkylation sites (N-methyl/N-ethyl adjacent to an activating group) is 1. The molecular weight excluding hydrogens is 291 g/mol. The summed E-state index contributed by atoms with van der Waals surface area (Å²) >= 11 is 6.11. The molecule has 1 atom stereocenters. The van der Waals surface area contributed by atoms with Gasteiger partial charge in [-0.3, -0.25) is 4.98 Å². The van der Waals surface area contributed by atoms with Gasteiger partial charge in [-0.15, -0.1) is 0 Å². The molecule has 2 rings (SSSR count). The van der Waals surface area contributed by atoms with Crippen LogP contribution in [0.2, 0.25) is 5.02 Å². The van der Waals surface area contributed by atoms with Crippen LogP contribution in [0.5, 0.6) is 5.75 Å². The maximum absolute atomic E-state index is 14.0. The molecule has 0 spiro atoms. The Bertz CT molecular complexity index is 586. The first-order valence-electron chi connectivity index (χ1n) is 6.81. The lowest BCUT2D eigenvalue weighted by Gasteiger charge is -2.19. The van der Waals surface area contributed by atoms with Crippen molar-refractivity contribution in [2.45, 2.75) is 19.4 Å². The monoisotopic (exact) mass is 308 g/mol. The van der Waals surface area contributed by atoms with E-state index in [2.05, 4.69) is 10.3 Å². The van der Waals surface area contributed by atoms with Gasteiger partial charge in [0.2, 0.25) is 0 Å². The van der Waals surface area contributed by atoms with Gasteiger partial charge in [0.15, 0.2) is 0 Å². The van der Waals surface area contributed by atoms with Crippen LogP contribution in [0.15, 0.2) is 36.7 Å². The summed E-state index contributed by atoms with van der Waals surface area (Å²) in [4.78, 5) is 4.15. The summed E-state index contributed by atoms with van der Waals surface area (Å²) in [6, 6.07) is 6.55. The number of pyridine rings is 1. The lowest BCUT2D eigenvalue weighted by molar-refractivity contribution is 0.410. The SMILES string of the molecule is CCNC(Cc1c(F)cccc1Cl)c1cncc(OC)c1. The molecule has 21 heavy (non-hydrogen) atoms. The van der Waals surface area contributed by atoms with Gasteiger partial charge in [-0.25, -0.2) is 4.39 Å². The second kappa shape index (κ2) is 7.38. The lowest BCUT2D eigenvalue weighted by Crippen LogP contribution is -2.23. The van der Waals surface area contributed by atoms with E-state index in [1.54, 1.807) is 31.6 Å². The summed E-state index contributed by atoms with van der Waals surface area (Å²) in [5.41, 5.74) is 1.45. The lowest BCUT2D eigenvalue weighted by atomic mass is 9.99. The highest BCUT2D eigenvalue weighted by Gasteiger charge is 2.17. The third kappa shape index (κ3) is 3.93. The zero-order valence-corrected chi connectivity index (χ0v) is 12.8. The fourth-order valence-corrected chi connectivity index (χ4v) is 2.46. The van der Waals surface area contributed by atoms with E-state index in [-0.39, 0.29) is 11.9 Å². The van der Waals surface area contributed by atoms with E-state index < -0.39 is 0 Å². The molecule has 0 fully saturated rings. The zero-order chi connectivity index (χ0) is 15.2. The smallest absolute Gasteiger partial charge is 0.137 e. The minimum atomic E-state index is -0.291. The molecule has 1 heterocycles. The Labute approximate surface area is 129 Å². The van der Waals surface area contributed by atoms with E-state index in [0.29, 0.717) is 22.8 Å².